The van der Waals surface area contributed by atoms with Gasteiger partial charge in [-0.1, -0.05) is 6.07 Å². The van der Waals surface area contributed by atoms with Crippen LogP contribution in [-0.4, -0.2) is 34.7 Å². The summed E-state index contributed by atoms with van der Waals surface area (Å²) in [5.41, 5.74) is -2.10. The van der Waals surface area contributed by atoms with E-state index in [4.69, 9.17) is 0 Å². The first-order valence-electron chi connectivity index (χ1n) is 8.20. The lowest BCUT2D eigenvalue weighted by molar-refractivity contribution is -0.140. The van der Waals surface area contributed by atoms with E-state index in [1.165, 1.54) is 11.0 Å². The van der Waals surface area contributed by atoms with Gasteiger partial charge < -0.3 is 15.3 Å². The second-order valence-corrected chi connectivity index (χ2v) is 7.16. The summed E-state index contributed by atoms with van der Waals surface area (Å²) >= 11 is 0. The van der Waals surface area contributed by atoms with Gasteiger partial charge in [-0.2, -0.15) is 13.2 Å². The van der Waals surface area contributed by atoms with E-state index in [2.05, 4.69) is 5.32 Å². The Morgan fingerprint density at radius 3 is 2.56 bits per heavy atom. The first-order valence-corrected chi connectivity index (χ1v) is 8.20. The molecule has 1 saturated carbocycles. The first-order chi connectivity index (χ1) is 11.6. The highest BCUT2D eigenvalue weighted by atomic mass is 19.4. The number of benzene rings is 1. The maximum Gasteiger partial charge on any atom is 0.419 e. The van der Waals surface area contributed by atoms with Crippen LogP contribution < -0.4 is 5.32 Å². The lowest BCUT2D eigenvalue weighted by Crippen LogP contribution is -2.52. The van der Waals surface area contributed by atoms with Crippen LogP contribution in [0.5, 0.6) is 0 Å². The molecule has 1 aromatic carbocycles. The average Bonchev–Trinajstić information content (AvgIpc) is 3.20. The summed E-state index contributed by atoms with van der Waals surface area (Å²) in [5, 5.41) is 12.6. The normalized spacial score (nSPS) is 25.2. The number of carboxylic acid groups (broad SMARTS) is 1. The summed E-state index contributed by atoms with van der Waals surface area (Å²) in [6.07, 6.45) is -3.01. The van der Waals surface area contributed by atoms with Crippen LogP contribution in [0.4, 0.5) is 22.4 Å². The van der Waals surface area contributed by atoms with Gasteiger partial charge in [0.15, 0.2) is 0 Å². The molecule has 1 aromatic rings. The quantitative estimate of drug-likeness (QED) is 0.800. The van der Waals surface area contributed by atoms with E-state index in [-0.39, 0.29) is 0 Å². The highest BCUT2D eigenvalue weighted by Crippen LogP contribution is 2.47. The molecule has 2 N–H and O–H groups in total. The third-order valence-electron chi connectivity index (χ3n) is 5.36. The number of carbonyl (C=O) groups is 1. The number of halogens is 4. The Kier molecular flexibility index (Phi) is 4.21. The molecule has 8 heteroatoms. The number of hydrogen-bond acceptors (Lipinski definition) is 2. The zero-order valence-electron chi connectivity index (χ0n) is 13.8. The molecule has 1 heterocycles. The monoisotopic (exact) mass is 360 g/mol. The molecule has 1 saturated heterocycles. The Morgan fingerprint density at radius 1 is 1.32 bits per heavy atom. The van der Waals surface area contributed by atoms with E-state index in [1.807, 2.05) is 6.92 Å². The van der Waals surface area contributed by atoms with Gasteiger partial charge >= 0.3 is 12.3 Å². The molecule has 1 aliphatic carbocycles. The SMILES string of the molecule is C[C@]1(CNC2(c3ccc(F)c(C(F)(F)F)c3)CC2)CCCN1C(=O)O. The van der Waals surface area contributed by atoms with Gasteiger partial charge in [0.1, 0.15) is 5.82 Å². The van der Waals surface area contributed by atoms with Crippen molar-refractivity contribution < 1.29 is 27.5 Å². The van der Waals surface area contributed by atoms with Crippen molar-refractivity contribution in [1.29, 1.82) is 0 Å². The highest BCUT2D eigenvalue weighted by Gasteiger charge is 2.48. The summed E-state index contributed by atoms with van der Waals surface area (Å²) in [6, 6.07) is 3.08. The smallest absolute Gasteiger partial charge is 0.419 e. The number of nitrogens with one attached hydrogen (secondary N) is 1. The number of amides is 1. The van der Waals surface area contributed by atoms with Gasteiger partial charge in [-0.25, -0.2) is 9.18 Å². The molecule has 25 heavy (non-hydrogen) atoms. The maximum absolute atomic E-state index is 13.5. The number of rotatable bonds is 4. The van der Waals surface area contributed by atoms with Crippen molar-refractivity contribution in [3.8, 4) is 0 Å². The van der Waals surface area contributed by atoms with Crippen LogP contribution in [0.25, 0.3) is 0 Å². The second kappa shape index (κ2) is 5.86. The van der Waals surface area contributed by atoms with E-state index in [1.54, 1.807) is 0 Å². The van der Waals surface area contributed by atoms with Gasteiger partial charge in [0.05, 0.1) is 11.1 Å². The Hall–Kier alpha value is -1.83. The minimum atomic E-state index is -4.74. The fourth-order valence-electron chi connectivity index (χ4n) is 3.63. The standard InChI is InChI=1S/C17H20F4N2O2/c1-15(5-2-8-23(15)14(24)25)10-22-16(6-7-16)11-3-4-13(18)12(9-11)17(19,20)21/h3-4,9,22H,2,5-8,10H2,1H3,(H,24,25)/t15-/m1/s1. The molecule has 138 valence electrons. The molecular formula is C17H20F4N2O2. The van der Waals surface area contributed by atoms with E-state index in [0.29, 0.717) is 37.9 Å². The summed E-state index contributed by atoms with van der Waals surface area (Å²) in [7, 11) is 0. The van der Waals surface area contributed by atoms with Gasteiger partial charge in [-0.05, 0) is 50.3 Å². The fourth-order valence-corrected chi connectivity index (χ4v) is 3.63. The van der Waals surface area contributed by atoms with Gasteiger partial charge in [-0.3, -0.25) is 0 Å². The molecule has 0 radical (unpaired) electrons. The van der Waals surface area contributed by atoms with Gasteiger partial charge in [-0.15, -0.1) is 0 Å². The van der Waals surface area contributed by atoms with E-state index in [0.717, 1.165) is 18.6 Å². The molecule has 3 rings (SSSR count). The van der Waals surface area contributed by atoms with Crippen molar-refractivity contribution in [3.63, 3.8) is 0 Å². The van der Waals surface area contributed by atoms with Crippen LogP contribution in [-0.2, 0) is 11.7 Å². The van der Waals surface area contributed by atoms with Crippen LogP contribution >= 0.6 is 0 Å². The van der Waals surface area contributed by atoms with Crippen LogP contribution in [0.1, 0.15) is 43.7 Å². The number of alkyl halides is 3. The van der Waals surface area contributed by atoms with Crippen LogP contribution in [0.3, 0.4) is 0 Å². The summed E-state index contributed by atoms with van der Waals surface area (Å²) in [6.45, 7) is 2.64. The third-order valence-corrected chi connectivity index (χ3v) is 5.36. The molecular weight excluding hydrogens is 340 g/mol. The molecule has 0 spiro atoms. The summed E-state index contributed by atoms with van der Waals surface area (Å²) < 4.78 is 52.3. The van der Waals surface area contributed by atoms with Crippen molar-refractivity contribution in [1.82, 2.24) is 10.2 Å². The van der Waals surface area contributed by atoms with Crippen LogP contribution in [0.15, 0.2) is 18.2 Å². The summed E-state index contributed by atoms with van der Waals surface area (Å²) in [4.78, 5) is 12.7. The van der Waals surface area contributed by atoms with Crippen molar-refractivity contribution in [2.24, 2.45) is 0 Å². The molecule has 2 fully saturated rings. The van der Waals surface area contributed by atoms with Crippen molar-refractivity contribution in [2.75, 3.05) is 13.1 Å². The zero-order valence-corrected chi connectivity index (χ0v) is 13.8. The molecule has 0 unspecified atom stereocenters. The molecule has 1 aliphatic heterocycles. The minimum Gasteiger partial charge on any atom is -0.465 e. The molecule has 0 bridgehead atoms. The minimum absolute atomic E-state index is 0.345. The highest BCUT2D eigenvalue weighted by molar-refractivity contribution is 5.66. The predicted molar refractivity (Wildman–Crippen MR) is 82.7 cm³/mol. The zero-order chi connectivity index (χ0) is 18.5. The largest absolute Gasteiger partial charge is 0.465 e. The number of nitrogens with zero attached hydrogens (tertiary/aromatic N) is 1. The Balaban J connectivity index is 1.79. The van der Waals surface area contributed by atoms with E-state index < -0.39 is 34.7 Å². The van der Waals surface area contributed by atoms with Gasteiger partial charge in [0.25, 0.3) is 0 Å². The Bertz CT molecular complexity index is 688. The first kappa shape index (κ1) is 18.0. The van der Waals surface area contributed by atoms with Crippen LogP contribution in [0.2, 0.25) is 0 Å². The van der Waals surface area contributed by atoms with Crippen molar-refractivity contribution in [3.05, 3.63) is 35.1 Å². The maximum atomic E-state index is 13.5. The lowest BCUT2D eigenvalue weighted by Gasteiger charge is -2.35. The molecule has 2 aliphatic rings. The molecule has 0 aromatic heterocycles. The van der Waals surface area contributed by atoms with Crippen molar-refractivity contribution in [2.45, 2.75) is 49.9 Å². The van der Waals surface area contributed by atoms with Gasteiger partial charge in [0, 0.05) is 18.6 Å². The van der Waals surface area contributed by atoms with E-state index in [9.17, 15) is 27.5 Å². The fraction of sp³-hybridized carbons (Fsp3) is 0.588. The number of likely N-dealkylation sites (tertiary alicyclic amines) is 1. The Morgan fingerprint density at radius 2 is 2.00 bits per heavy atom. The molecule has 1 atom stereocenters. The predicted octanol–water partition coefficient (Wildman–Crippen LogP) is 3.96. The average molecular weight is 360 g/mol. The van der Waals surface area contributed by atoms with Crippen molar-refractivity contribution >= 4 is 6.09 Å². The molecule has 4 nitrogen and oxygen atoms in total. The summed E-state index contributed by atoms with van der Waals surface area (Å²) in [5.74, 6) is -1.29. The second-order valence-electron chi connectivity index (χ2n) is 7.16. The van der Waals surface area contributed by atoms with E-state index >= 15 is 0 Å². The van der Waals surface area contributed by atoms with Crippen LogP contribution in [0, 0.1) is 5.82 Å². The topological polar surface area (TPSA) is 52.6 Å². The Labute approximate surface area is 142 Å². The third kappa shape index (κ3) is 3.31. The number of hydrogen-bond donors (Lipinski definition) is 2. The lowest BCUT2D eigenvalue weighted by atomic mass is 9.96. The van der Waals surface area contributed by atoms with Gasteiger partial charge in [0.2, 0.25) is 0 Å². The molecule has 1 amide bonds.